The van der Waals surface area contributed by atoms with Gasteiger partial charge in [-0.05, 0) is 25.2 Å². The van der Waals surface area contributed by atoms with E-state index in [0.717, 1.165) is 39.1 Å². The predicted molar refractivity (Wildman–Crippen MR) is 69.0 cm³/mol. The first-order valence-electron chi connectivity index (χ1n) is 6.63. The van der Waals surface area contributed by atoms with Crippen LogP contribution in [0.1, 0.15) is 39.5 Å². The van der Waals surface area contributed by atoms with Crippen molar-refractivity contribution in [3.05, 3.63) is 0 Å². The van der Waals surface area contributed by atoms with Gasteiger partial charge in [0, 0.05) is 33.0 Å². The van der Waals surface area contributed by atoms with E-state index in [1.54, 1.807) is 0 Å². The molecule has 0 bridgehead atoms. The fraction of sp³-hybridized carbons (Fsp3) is 0.923. The first kappa shape index (κ1) is 16.4. The zero-order chi connectivity index (χ0) is 12.8. The van der Waals surface area contributed by atoms with Crippen LogP contribution >= 0.6 is 0 Å². The zero-order valence-electron chi connectivity index (χ0n) is 11.2. The predicted octanol–water partition coefficient (Wildman–Crippen LogP) is 1.98. The van der Waals surface area contributed by atoms with Crippen LogP contribution in [0.25, 0.3) is 0 Å². The van der Waals surface area contributed by atoms with Crippen molar-refractivity contribution in [2.24, 2.45) is 5.92 Å². The molecule has 0 spiro atoms. The van der Waals surface area contributed by atoms with E-state index in [4.69, 9.17) is 9.47 Å². The second-order valence-electron chi connectivity index (χ2n) is 4.33. The maximum atomic E-state index is 9.94. The zero-order valence-corrected chi connectivity index (χ0v) is 11.2. The molecule has 0 saturated heterocycles. The van der Waals surface area contributed by atoms with Gasteiger partial charge >= 0.3 is 0 Å². The Hall–Kier alpha value is -0.610. The Morgan fingerprint density at radius 3 is 2.41 bits per heavy atom. The second-order valence-corrected chi connectivity index (χ2v) is 4.33. The fourth-order valence-corrected chi connectivity index (χ4v) is 1.25. The van der Waals surface area contributed by atoms with Crippen molar-refractivity contribution in [1.29, 1.82) is 0 Å². The second kappa shape index (κ2) is 13.5. The number of ether oxygens (including phenoxy) is 2. The summed E-state index contributed by atoms with van der Waals surface area (Å²) in [6, 6.07) is 0. The maximum Gasteiger partial charge on any atom is 0.207 e. The average molecular weight is 245 g/mol. The normalized spacial score (nSPS) is 12.4. The highest BCUT2D eigenvalue weighted by atomic mass is 16.5. The van der Waals surface area contributed by atoms with Gasteiger partial charge in [0.2, 0.25) is 6.41 Å². The molecule has 17 heavy (non-hydrogen) atoms. The molecule has 4 heteroatoms. The van der Waals surface area contributed by atoms with Crippen LogP contribution in [0.5, 0.6) is 0 Å². The minimum Gasteiger partial charge on any atom is -0.381 e. The van der Waals surface area contributed by atoms with Gasteiger partial charge in [-0.25, -0.2) is 0 Å². The Morgan fingerprint density at radius 1 is 1.12 bits per heavy atom. The standard InChI is InChI=1S/C13H27NO3/c1-3-13(2)11-17-9-5-4-8-16-10-6-7-14-12-15/h12-13H,3-11H2,1-2H3,(H,14,15). The van der Waals surface area contributed by atoms with Gasteiger partial charge in [0.25, 0.3) is 0 Å². The van der Waals surface area contributed by atoms with Crippen LogP contribution in [0.2, 0.25) is 0 Å². The monoisotopic (exact) mass is 245 g/mol. The highest BCUT2D eigenvalue weighted by Crippen LogP contribution is 2.01. The molecular weight excluding hydrogens is 218 g/mol. The molecule has 1 amide bonds. The maximum absolute atomic E-state index is 9.94. The lowest BCUT2D eigenvalue weighted by Crippen LogP contribution is -2.14. The Morgan fingerprint density at radius 2 is 1.76 bits per heavy atom. The molecule has 0 radical (unpaired) electrons. The van der Waals surface area contributed by atoms with Crippen molar-refractivity contribution in [3.8, 4) is 0 Å². The van der Waals surface area contributed by atoms with Gasteiger partial charge in [-0.15, -0.1) is 0 Å². The van der Waals surface area contributed by atoms with E-state index in [9.17, 15) is 4.79 Å². The molecule has 0 aromatic heterocycles. The van der Waals surface area contributed by atoms with Gasteiger partial charge in [0.15, 0.2) is 0 Å². The summed E-state index contributed by atoms with van der Waals surface area (Å²) >= 11 is 0. The van der Waals surface area contributed by atoms with Crippen molar-refractivity contribution in [2.45, 2.75) is 39.5 Å². The van der Waals surface area contributed by atoms with Crippen LogP contribution in [0, 0.1) is 5.92 Å². The quantitative estimate of drug-likeness (QED) is 0.399. The van der Waals surface area contributed by atoms with E-state index in [1.165, 1.54) is 6.42 Å². The molecule has 4 nitrogen and oxygen atoms in total. The molecule has 102 valence electrons. The summed E-state index contributed by atoms with van der Waals surface area (Å²) in [5.41, 5.74) is 0. The highest BCUT2D eigenvalue weighted by Gasteiger charge is 1.97. The third-order valence-corrected chi connectivity index (χ3v) is 2.62. The summed E-state index contributed by atoms with van der Waals surface area (Å²) in [4.78, 5) is 9.94. The van der Waals surface area contributed by atoms with Crippen molar-refractivity contribution < 1.29 is 14.3 Å². The van der Waals surface area contributed by atoms with E-state index in [2.05, 4.69) is 19.2 Å². The largest absolute Gasteiger partial charge is 0.381 e. The first-order valence-corrected chi connectivity index (χ1v) is 6.63. The Kier molecular flexibility index (Phi) is 13.0. The smallest absolute Gasteiger partial charge is 0.207 e. The number of rotatable bonds is 13. The number of hydrogen-bond donors (Lipinski definition) is 1. The van der Waals surface area contributed by atoms with E-state index >= 15 is 0 Å². The van der Waals surface area contributed by atoms with E-state index < -0.39 is 0 Å². The topological polar surface area (TPSA) is 47.6 Å². The Bertz CT molecular complexity index is 165. The van der Waals surface area contributed by atoms with Crippen molar-refractivity contribution in [3.63, 3.8) is 0 Å². The summed E-state index contributed by atoms with van der Waals surface area (Å²) in [6.07, 6.45) is 4.88. The summed E-state index contributed by atoms with van der Waals surface area (Å²) in [6.45, 7) is 8.29. The number of amides is 1. The lowest BCUT2D eigenvalue weighted by atomic mass is 10.1. The SMILES string of the molecule is CCC(C)COCCCCOCCCNC=O. The lowest BCUT2D eigenvalue weighted by molar-refractivity contribution is -0.109. The average Bonchev–Trinajstić information content (AvgIpc) is 2.35. The van der Waals surface area contributed by atoms with Gasteiger partial charge in [-0.2, -0.15) is 0 Å². The van der Waals surface area contributed by atoms with Crippen LogP contribution in [0.15, 0.2) is 0 Å². The van der Waals surface area contributed by atoms with Gasteiger partial charge < -0.3 is 14.8 Å². The molecule has 0 saturated carbocycles. The molecule has 1 N–H and O–H groups in total. The van der Waals surface area contributed by atoms with E-state index in [0.29, 0.717) is 25.5 Å². The van der Waals surface area contributed by atoms with Crippen LogP contribution in [0.4, 0.5) is 0 Å². The summed E-state index contributed by atoms with van der Waals surface area (Å²) < 4.78 is 11.0. The number of unbranched alkanes of at least 4 members (excludes halogenated alkanes) is 1. The molecular formula is C13H27NO3. The van der Waals surface area contributed by atoms with Crippen LogP contribution in [-0.2, 0) is 14.3 Å². The Labute approximate surface area is 105 Å². The molecule has 0 aliphatic heterocycles. The molecule has 1 unspecified atom stereocenters. The van der Waals surface area contributed by atoms with Crippen LogP contribution in [-0.4, -0.2) is 39.4 Å². The molecule has 1 atom stereocenters. The van der Waals surface area contributed by atoms with Crippen molar-refractivity contribution in [2.75, 3.05) is 33.0 Å². The summed E-state index contributed by atoms with van der Waals surface area (Å²) in [5.74, 6) is 0.663. The van der Waals surface area contributed by atoms with Gasteiger partial charge in [0.05, 0.1) is 0 Å². The van der Waals surface area contributed by atoms with E-state index in [1.807, 2.05) is 0 Å². The molecule has 0 rings (SSSR count). The van der Waals surface area contributed by atoms with Crippen LogP contribution < -0.4 is 5.32 Å². The van der Waals surface area contributed by atoms with Gasteiger partial charge in [-0.1, -0.05) is 20.3 Å². The molecule has 0 aliphatic rings. The minimum absolute atomic E-state index is 0.663. The number of carbonyl (C=O) groups excluding carboxylic acids is 1. The summed E-state index contributed by atoms with van der Waals surface area (Å²) in [7, 11) is 0. The molecule has 0 aromatic rings. The van der Waals surface area contributed by atoms with Crippen molar-refractivity contribution >= 4 is 6.41 Å². The summed E-state index contributed by atoms with van der Waals surface area (Å²) in [5, 5.41) is 2.60. The van der Waals surface area contributed by atoms with Crippen molar-refractivity contribution in [1.82, 2.24) is 5.32 Å². The molecule has 0 aliphatic carbocycles. The van der Waals surface area contributed by atoms with Gasteiger partial charge in [-0.3, -0.25) is 4.79 Å². The third-order valence-electron chi connectivity index (χ3n) is 2.62. The third kappa shape index (κ3) is 13.3. The fourth-order valence-electron chi connectivity index (χ4n) is 1.25. The van der Waals surface area contributed by atoms with Crippen LogP contribution in [0.3, 0.4) is 0 Å². The lowest BCUT2D eigenvalue weighted by Gasteiger charge is -2.09. The number of carbonyl (C=O) groups is 1. The molecule has 0 fully saturated rings. The van der Waals surface area contributed by atoms with E-state index in [-0.39, 0.29) is 0 Å². The highest BCUT2D eigenvalue weighted by molar-refractivity contribution is 5.45. The minimum atomic E-state index is 0.663. The Balaban J connectivity index is 2.96. The molecule has 0 heterocycles. The van der Waals surface area contributed by atoms with Gasteiger partial charge in [0.1, 0.15) is 0 Å². The molecule has 0 aromatic carbocycles. The first-order chi connectivity index (χ1) is 8.31. The number of nitrogens with one attached hydrogen (secondary N) is 1. The number of hydrogen-bond acceptors (Lipinski definition) is 3.